The summed E-state index contributed by atoms with van der Waals surface area (Å²) in [6, 6.07) is 8.63. The van der Waals surface area contributed by atoms with Crippen molar-refractivity contribution in [3.05, 3.63) is 53.6 Å². The fourth-order valence-electron chi connectivity index (χ4n) is 3.35. The second-order valence-corrected chi connectivity index (χ2v) is 11.9. The second kappa shape index (κ2) is 10.5. The van der Waals surface area contributed by atoms with E-state index in [4.69, 9.17) is 0 Å². The molecule has 1 fully saturated rings. The minimum absolute atomic E-state index is 0.150. The number of carbonyl (C=O) groups excluding carboxylic acids is 1. The Morgan fingerprint density at radius 2 is 1.86 bits per heavy atom. The number of halogens is 1. The predicted molar refractivity (Wildman–Crippen MR) is 141 cm³/mol. The van der Waals surface area contributed by atoms with Crippen LogP contribution in [0, 0.1) is 25.6 Å². The Bertz CT molecular complexity index is 1390. The molecular formula is C24H23FN6OS3. The lowest BCUT2D eigenvalue weighted by Crippen LogP contribution is -2.14. The van der Waals surface area contributed by atoms with Crippen molar-refractivity contribution in [1.82, 2.24) is 20.2 Å². The molecule has 180 valence electrons. The van der Waals surface area contributed by atoms with Crippen molar-refractivity contribution < 1.29 is 9.18 Å². The van der Waals surface area contributed by atoms with Crippen molar-refractivity contribution in [1.29, 1.82) is 0 Å². The molecule has 7 nitrogen and oxygen atoms in total. The van der Waals surface area contributed by atoms with Crippen molar-refractivity contribution >= 4 is 68.9 Å². The highest BCUT2D eigenvalue weighted by Crippen LogP contribution is 2.37. The lowest BCUT2D eigenvalue weighted by atomic mass is 10.1. The van der Waals surface area contributed by atoms with Crippen LogP contribution in [0.1, 0.15) is 24.0 Å². The SMILES string of the molecule is Cc1cc(F)c(Nc2ncnc3ccc(NC(=O)CSc4nnc(SCC5CC5)s4)cc23)cc1C. The molecule has 0 bridgehead atoms. The molecule has 1 saturated carbocycles. The molecule has 1 amide bonds. The van der Waals surface area contributed by atoms with Crippen molar-refractivity contribution in [2.75, 3.05) is 22.1 Å². The Labute approximate surface area is 214 Å². The summed E-state index contributed by atoms with van der Waals surface area (Å²) in [4.78, 5) is 21.2. The van der Waals surface area contributed by atoms with E-state index >= 15 is 0 Å². The number of hydrogen-bond acceptors (Lipinski definition) is 9. The summed E-state index contributed by atoms with van der Waals surface area (Å²) in [5.41, 5.74) is 3.49. The molecule has 0 unspecified atom stereocenters. The number of rotatable bonds is 9. The molecule has 0 aliphatic heterocycles. The van der Waals surface area contributed by atoms with Crippen molar-refractivity contribution in [3.8, 4) is 0 Å². The molecule has 0 spiro atoms. The highest BCUT2D eigenvalue weighted by atomic mass is 32.2. The van der Waals surface area contributed by atoms with Gasteiger partial charge in [-0.05, 0) is 74.1 Å². The Balaban J connectivity index is 1.25. The van der Waals surface area contributed by atoms with Crippen LogP contribution in [0.3, 0.4) is 0 Å². The fourth-order valence-corrected chi connectivity index (χ4v) is 6.38. The van der Waals surface area contributed by atoms with E-state index in [1.165, 1.54) is 48.3 Å². The van der Waals surface area contributed by atoms with Crippen LogP contribution in [0.15, 0.2) is 45.3 Å². The Morgan fingerprint density at radius 3 is 2.66 bits per heavy atom. The lowest BCUT2D eigenvalue weighted by Gasteiger charge is -2.12. The van der Waals surface area contributed by atoms with Gasteiger partial charge in [0, 0.05) is 16.8 Å². The summed E-state index contributed by atoms with van der Waals surface area (Å²) < 4.78 is 16.2. The van der Waals surface area contributed by atoms with Crippen LogP contribution in [0.5, 0.6) is 0 Å². The number of anilines is 3. The molecule has 0 saturated heterocycles. The quantitative estimate of drug-likeness (QED) is 0.249. The first-order chi connectivity index (χ1) is 16.9. The maximum Gasteiger partial charge on any atom is 0.234 e. The topological polar surface area (TPSA) is 92.7 Å². The number of aromatic nitrogens is 4. The van der Waals surface area contributed by atoms with Crippen LogP contribution >= 0.6 is 34.9 Å². The molecule has 11 heteroatoms. The molecule has 2 aromatic heterocycles. The summed E-state index contributed by atoms with van der Waals surface area (Å²) in [6.07, 6.45) is 4.06. The second-order valence-electron chi connectivity index (χ2n) is 8.42. The van der Waals surface area contributed by atoms with Crippen molar-refractivity contribution in [2.45, 2.75) is 35.4 Å². The molecule has 4 aromatic rings. The average molecular weight is 527 g/mol. The zero-order chi connectivity index (χ0) is 24.4. The lowest BCUT2D eigenvalue weighted by molar-refractivity contribution is -0.113. The standard InChI is InChI=1S/C24H23FN6OS3/c1-13-7-18(25)20(8-14(13)2)29-22-17-9-16(5-6-19(17)26-12-27-22)28-21(32)11-34-24-31-30-23(35-24)33-10-15-3-4-15/h5-9,12,15H,3-4,10-11H2,1-2H3,(H,28,32)(H,26,27,29). The first kappa shape index (κ1) is 24.0. The van der Waals surface area contributed by atoms with Gasteiger partial charge in [-0.3, -0.25) is 4.79 Å². The van der Waals surface area contributed by atoms with Gasteiger partial charge in [-0.2, -0.15) is 0 Å². The maximum absolute atomic E-state index is 14.5. The van der Waals surface area contributed by atoms with E-state index in [0.29, 0.717) is 28.1 Å². The smallest absolute Gasteiger partial charge is 0.234 e. The number of benzene rings is 2. The summed E-state index contributed by atoms with van der Waals surface area (Å²) in [5.74, 6) is 2.11. The van der Waals surface area contributed by atoms with Crippen LogP contribution < -0.4 is 10.6 Å². The zero-order valence-corrected chi connectivity index (χ0v) is 21.6. The molecular weight excluding hydrogens is 504 g/mol. The Hall–Kier alpha value is -2.76. The monoisotopic (exact) mass is 526 g/mol. The van der Waals surface area contributed by atoms with Gasteiger partial charge in [-0.1, -0.05) is 34.9 Å². The van der Waals surface area contributed by atoms with E-state index < -0.39 is 0 Å². The number of fused-ring (bicyclic) bond motifs is 1. The van der Waals surface area contributed by atoms with Crippen molar-refractivity contribution in [2.24, 2.45) is 5.92 Å². The van der Waals surface area contributed by atoms with Gasteiger partial charge in [-0.25, -0.2) is 14.4 Å². The first-order valence-electron chi connectivity index (χ1n) is 11.1. The van der Waals surface area contributed by atoms with Crippen LogP contribution in [-0.4, -0.2) is 37.6 Å². The predicted octanol–water partition coefficient (Wildman–Crippen LogP) is 6.21. The average Bonchev–Trinajstić information content (AvgIpc) is 3.56. The van der Waals surface area contributed by atoms with E-state index in [-0.39, 0.29) is 17.5 Å². The molecule has 0 atom stereocenters. The number of hydrogen-bond donors (Lipinski definition) is 2. The van der Waals surface area contributed by atoms with E-state index in [2.05, 4.69) is 30.8 Å². The van der Waals surface area contributed by atoms with Gasteiger partial charge in [0.25, 0.3) is 0 Å². The maximum atomic E-state index is 14.5. The third-order valence-electron chi connectivity index (χ3n) is 5.61. The minimum atomic E-state index is -0.355. The molecule has 2 N–H and O–H groups in total. The van der Waals surface area contributed by atoms with Gasteiger partial charge in [0.2, 0.25) is 5.91 Å². The summed E-state index contributed by atoms with van der Waals surface area (Å²) in [7, 11) is 0. The largest absolute Gasteiger partial charge is 0.337 e. The fraction of sp³-hybridized carbons (Fsp3) is 0.292. The molecule has 1 aliphatic rings. The molecule has 0 radical (unpaired) electrons. The number of amides is 1. The summed E-state index contributed by atoms with van der Waals surface area (Å²) >= 11 is 4.64. The highest BCUT2D eigenvalue weighted by Gasteiger charge is 2.22. The van der Waals surface area contributed by atoms with Crippen molar-refractivity contribution in [3.63, 3.8) is 0 Å². The van der Waals surface area contributed by atoms with E-state index in [0.717, 1.165) is 31.5 Å². The Kier molecular flexibility index (Phi) is 7.17. The van der Waals surface area contributed by atoms with Crippen LogP contribution in [0.2, 0.25) is 0 Å². The van der Waals surface area contributed by atoms with E-state index in [1.54, 1.807) is 36.0 Å². The number of aryl methyl sites for hydroxylation is 2. The van der Waals surface area contributed by atoms with Crippen LogP contribution in [-0.2, 0) is 4.79 Å². The molecule has 35 heavy (non-hydrogen) atoms. The number of thioether (sulfide) groups is 2. The van der Waals surface area contributed by atoms with Gasteiger partial charge in [0.05, 0.1) is 17.0 Å². The van der Waals surface area contributed by atoms with E-state index in [1.807, 2.05) is 13.8 Å². The normalized spacial score (nSPS) is 13.2. The third kappa shape index (κ3) is 6.09. The first-order valence-corrected chi connectivity index (χ1v) is 13.9. The van der Waals surface area contributed by atoms with Gasteiger partial charge >= 0.3 is 0 Å². The summed E-state index contributed by atoms with van der Waals surface area (Å²) in [6.45, 7) is 3.80. The minimum Gasteiger partial charge on any atom is -0.337 e. The zero-order valence-electron chi connectivity index (χ0n) is 19.2. The molecule has 2 aromatic carbocycles. The van der Waals surface area contributed by atoms with Crippen LogP contribution in [0.4, 0.5) is 21.6 Å². The van der Waals surface area contributed by atoms with Gasteiger partial charge in [0.15, 0.2) is 8.68 Å². The summed E-state index contributed by atoms with van der Waals surface area (Å²) in [5, 5.41) is 15.0. The van der Waals surface area contributed by atoms with Gasteiger partial charge in [0.1, 0.15) is 18.0 Å². The van der Waals surface area contributed by atoms with Gasteiger partial charge in [-0.15, -0.1) is 10.2 Å². The molecule has 2 heterocycles. The number of nitrogens with one attached hydrogen (secondary N) is 2. The van der Waals surface area contributed by atoms with E-state index in [9.17, 15) is 9.18 Å². The molecule has 1 aliphatic carbocycles. The number of nitrogens with zero attached hydrogens (tertiary/aromatic N) is 4. The van der Waals surface area contributed by atoms with Crippen LogP contribution in [0.25, 0.3) is 10.9 Å². The molecule has 5 rings (SSSR count). The third-order valence-corrected chi connectivity index (χ3v) is 9.03. The Morgan fingerprint density at radius 1 is 1.09 bits per heavy atom. The highest BCUT2D eigenvalue weighted by molar-refractivity contribution is 8.03. The van der Waals surface area contributed by atoms with Gasteiger partial charge < -0.3 is 10.6 Å². The number of carbonyl (C=O) groups is 1.